The number of thiophene rings is 1. The first kappa shape index (κ1) is 18.9. The molecular formula is C17H13BrF3N5OS. The van der Waals surface area contributed by atoms with Gasteiger partial charge in [-0.1, -0.05) is 6.07 Å². The fraction of sp³-hybridized carbons (Fsp3) is 0.235. The Hall–Kier alpha value is -2.40. The summed E-state index contributed by atoms with van der Waals surface area (Å²) < 4.78 is 42.5. The molecule has 4 rings (SSSR count). The third kappa shape index (κ3) is 3.76. The van der Waals surface area contributed by atoms with Crippen molar-refractivity contribution in [3.63, 3.8) is 0 Å². The van der Waals surface area contributed by atoms with E-state index in [1.807, 2.05) is 5.38 Å². The molecule has 2 N–H and O–H groups in total. The van der Waals surface area contributed by atoms with E-state index in [9.17, 15) is 18.0 Å². The van der Waals surface area contributed by atoms with Gasteiger partial charge in [0.05, 0.1) is 6.04 Å². The summed E-state index contributed by atoms with van der Waals surface area (Å²) in [5.41, 5.74) is -0.117. The van der Waals surface area contributed by atoms with Gasteiger partial charge in [-0.15, -0.1) is 11.3 Å². The molecule has 1 aliphatic rings. The Bertz CT molecular complexity index is 987. The first-order valence-electron chi connectivity index (χ1n) is 8.20. The molecule has 146 valence electrons. The van der Waals surface area contributed by atoms with Crippen molar-refractivity contribution in [2.75, 3.05) is 10.6 Å². The second-order valence-electron chi connectivity index (χ2n) is 6.18. The number of amides is 1. The van der Waals surface area contributed by atoms with Crippen molar-refractivity contribution in [1.29, 1.82) is 0 Å². The molecule has 0 aromatic carbocycles. The predicted molar refractivity (Wildman–Crippen MR) is 103 cm³/mol. The number of pyridine rings is 1. The second kappa shape index (κ2) is 7.21. The molecule has 2 atom stereocenters. The molecule has 11 heteroatoms. The van der Waals surface area contributed by atoms with Crippen LogP contribution in [0.15, 0.2) is 46.4 Å². The Kier molecular flexibility index (Phi) is 4.88. The summed E-state index contributed by atoms with van der Waals surface area (Å²) in [5.74, 6) is -0.205. The van der Waals surface area contributed by atoms with Crippen LogP contribution in [-0.2, 0) is 0 Å². The highest BCUT2D eigenvalue weighted by Gasteiger charge is 2.47. The first-order chi connectivity index (χ1) is 13.3. The van der Waals surface area contributed by atoms with E-state index >= 15 is 0 Å². The van der Waals surface area contributed by atoms with Crippen molar-refractivity contribution < 1.29 is 18.0 Å². The van der Waals surface area contributed by atoms with Crippen LogP contribution in [0, 0.1) is 0 Å². The summed E-state index contributed by atoms with van der Waals surface area (Å²) in [6.45, 7) is 0. The molecule has 0 spiro atoms. The second-order valence-corrected chi connectivity index (χ2v) is 8.08. The van der Waals surface area contributed by atoms with Gasteiger partial charge in [0.25, 0.3) is 5.91 Å². The highest BCUT2D eigenvalue weighted by atomic mass is 79.9. The highest BCUT2D eigenvalue weighted by molar-refractivity contribution is 9.10. The molecule has 1 aliphatic heterocycles. The Morgan fingerprint density at radius 2 is 2.18 bits per heavy atom. The zero-order chi connectivity index (χ0) is 19.9. The molecule has 28 heavy (non-hydrogen) atoms. The average Bonchev–Trinajstić information content (AvgIpc) is 3.31. The van der Waals surface area contributed by atoms with E-state index in [0.717, 1.165) is 14.0 Å². The van der Waals surface area contributed by atoms with Crippen LogP contribution in [0.5, 0.6) is 0 Å². The number of aromatic nitrogens is 3. The van der Waals surface area contributed by atoms with Crippen LogP contribution >= 0.6 is 27.3 Å². The Morgan fingerprint density at radius 1 is 1.36 bits per heavy atom. The minimum absolute atomic E-state index is 0.117. The largest absolute Gasteiger partial charge is 0.410 e. The maximum Gasteiger partial charge on any atom is 0.410 e. The quantitative estimate of drug-likeness (QED) is 0.562. The fourth-order valence-corrected chi connectivity index (χ4v) is 4.02. The predicted octanol–water partition coefficient (Wildman–Crippen LogP) is 5.01. The average molecular weight is 472 g/mol. The lowest BCUT2D eigenvalue weighted by molar-refractivity contribution is -0.173. The number of carbonyl (C=O) groups is 1. The Morgan fingerprint density at radius 3 is 2.82 bits per heavy atom. The van der Waals surface area contributed by atoms with Crippen LogP contribution in [0.4, 0.5) is 24.8 Å². The summed E-state index contributed by atoms with van der Waals surface area (Å²) >= 11 is 4.62. The third-order valence-corrected chi connectivity index (χ3v) is 5.73. The van der Waals surface area contributed by atoms with Gasteiger partial charge in [0.15, 0.2) is 11.7 Å². The number of nitrogens with one attached hydrogen (secondary N) is 2. The molecule has 0 aliphatic carbocycles. The van der Waals surface area contributed by atoms with Crippen LogP contribution in [0.3, 0.4) is 0 Å². The molecule has 0 bridgehead atoms. The van der Waals surface area contributed by atoms with Gasteiger partial charge in [-0.2, -0.15) is 18.3 Å². The Labute approximate surface area is 169 Å². The standard InChI is InChI=1S/C17H13BrF3N5OS/c18-9-3-4-14(22-8-9)24-16(27)11-7-15-23-10(12-2-1-5-28-12)6-13(17(19,20)21)26(15)25-11/h1-5,7-8,10,13,23H,6H2,(H,22,24,27)/t10-,13-/m1/s1. The number of rotatable bonds is 3. The number of hydrogen-bond donors (Lipinski definition) is 2. The van der Waals surface area contributed by atoms with E-state index in [4.69, 9.17) is 0 Å². The van der Waals surface area contributed by atoms with E-state index in [0.29, 0.717) is 0 Å². The van der Waals surface area contributed by atoms with Crippen molar-refractivity contribution in [3.8, 4) is 0 Å². The smallest absolute Gasteiger partial charge is 0.363 e. The van der Waals surface area contributed by atoms with Gasteiger partial charge in [0.2, 0.25) is 0 Å². The molecule has 0 radical (unpaired) electrons. The number of alkyl halides is 3. The van der Waals surface area contributed by atoms with Crippen molar-refractivity contribution >= 4 is 44.8 Å². The van der Waals surface area contributed by atoms with E-state index in [-0.39, 0.29) is 23.8 Å². The van der Waals surface area contributed by atoms with Gasteiger partial charge < -0.3 is 10.6 Å². The zero-order valence-electron chi connectivity index (χ0n) is 14.1. The van der Waals surface area contributed by atoms with Gasteiger partial charge in [-0.25, -0.2) is 9.67 Å². The monoisotopic (exact) mass is 471 g/mol. The summed E-state index contributed by atoms with van der Waals surface area (Å²) in [6.07, 6.45) is -3.19. The number of hydrogen-bond acceptors (Lipinski definition) is 5. The fourth-order valence-electron chi connectivity index (χ4n) is 2.99. The lowest BCUT2D eigenvalue weighted by atomic mass is 10.0. The van der Waals surface area contributed by atoms with Crippen LogP contribution < -0.4 is 10.6 Å². The van der Waals surface area contributed by atoms with E-state index in [2.05, 4.69) is 36.6 Å². The minimum Gasteiger partial charge on any atom is -0.363 e. The van der Waals surface area contributed by atoms with Gasteiger partial charge in [0, 0.05) is 28.0 Å². The SMILES string of the molecule is O=C(Nc1ccc(Br)cn1)c1cc2n(n1)[C@@H](C(F)(F)F)C[C@H](c1cccs1)N2. The summed E-state index contributed by atoms with van der Waals surface area (Å²) in [6, 6.07) is 5.85. The molecule has 0 saturated heterocycles. The van der Waals surface area contributed by atoms with Gasteiger partial charge in [-0.05, 0) is 39.5 Å². The summed E-state index contributed by atoms with van der Waals surface area (Å²) in [4.78, 5) is 17.3. The third-order valence-electron chi connectivity index (χ3n) is 4.28. The number of carbonyl (C=O) groups excluding carboxylic acids is 1. The van der Waals surface area contributed by atoms with Crippen molar-refractivity contribution in [3.05, 3.63) is 57.0 Å². The van der Waals surface area contributed by atoms with Crippen LogP contribution in [-0.4, -0.2) is 26.8 Å². The Balaban J connectivity index is 1.63. The molecule has 1 amide bonds. The molecule has 6 nitrogen and oxygen atoms in total. The molecule has 0 saturated carbocycles. The van der Waals surface area contributed by atoms with Gasteiger partial charge in [-0.3, -0.25) is 4.79 Å². The van der Waals surface area contributed by atoms with Crippen LogP contribution in [0.25, 0.3) is 0 Å². The number of nitrogens with zero attached hydrogens (tertiary/aromatic N) is 3. The highest BCUT2D eigenvalue weighted by Crippen LogP contribution is 2.44. The lowest BCUT2D eigenvalue weighted by Gasteiger charge is -2.32. The van der Waals surface area contributed by atoms with Crippen LogP contribution in [0.2, 0.25) is 0 Å². The van der Waals surface area contributed by atoms with Crippen molar-refractivity contribution in [1.82, 2.24) is 14.8 Å². The number of anilines is 2. The molecule has 0 unspecified atom stereocenters. The van der Waals surface area contributed by atoms with E-state index < -0.39 is 24.2 Å². The molecule has 0 fully saturated rings. The van der Waals surface area contributed by atoms with Crippen molar-refractivity contribution in [2.24, 2.45) is 0 Å². The summed E-state index contributed by atoms with van der Waals surface area (Å²) in [7, 11) is 0. The van der Waals surface area contributed by atoms with Gasteiger partial charge >= 0.3 is 6.18 Å². The maximum absolute atomic E-state index is 13.6. The topological polar surface area (TPSA) is 71.8 Å². The number of halogens is 4. The maximum atomic E-state index is 13.6. The molecule has 3 aromatic heterocycles. The molecular weight excluding hydrogens is 459 g/mol. The summed E-state index contributed by atoms with van der Waals surface area (Å²) in [5, 5.41) is 11.3. The minimum atomic E-state index is -4.49. The number of fused-ring (bicyclic) bond motifs is 1. The van der Waals surface area contributed by atoms with Crippen molar-refractivity contribution in [2.45, 2.75) is 24.7 Å². The lowest BCUT2D eigenvalue weighted by Crippen LogP contribution is -2.35. The van der Waals surface area contributed by atoms with Crippen LogP contribution in [0.1, 0.15) is 33.9 Å². The van der Waals surface area contributed by atoms with Gasteiger partial charge in [0.1, 0.15) is 11.6 Å². The van der Waals surface area contributed by atoms with E-state index in [1.165, 1.54) is 23.6 Å². The normalized spacial score (nSPS) is 19.0. The molecule has 3 aromatic rings. The first-order valence-corrected chi connectivity index (χ1v) is 9.87. The van der Waals surface area contributed by atoms with E-state index in [1.54, 1.807) is 24.3 Å². The zero-order valence-corrected chi connectivity index (χ0v) is 16.5. The molecule has 4 heterocycles.